The van der Waals surface area contributed by atoms with E-state index in [-0.39, 0.29) is 11.8 Å². The number of nitrogens with one attached hydrogen (secondary N) is 2. The normalized spacial score (nSPS) is 12.9. The maximum Gasteiger partial charge on any atom is 0.325 e. The highest BCUT2D eigenvalue weighted by atomic mass is 79.9. The number of benzene rings is 2. The van der Waals surface area contributed by atoms with E-state index in [0.29, 0.717) is 11.4 Å². The highest BCUT2D eigenvalue weighted by Crippen LogP contribution is 2.22. The molecule has 0 aliphatic heterocycles. The lowest BCUT2D eigenvalue weighted by molar-refractivity contribution is -0.141. The number of nitrogens with zero attached hydrogens (tertiary/aromatic N) is 2. The van der Waals surface area contributed by atoms with Gasteiger partial charge in [0.25, 0.3) is 5.91 Å². The molecule has 3 aromatic rings. The quantitative estimate of drug-likeness (QED) is 0.386. The second-order valence-corrected chi connectivity index (χ2v) is 10.5. The minimum atomic E-state index is -1.16. The van der Waals surface area contributed by atoms with Crippen molar-refractivity contribution in [3.8, 4) is 11.4 Å². The van der Waals surface area contributed by atoms with E-state index in [1.54, 1.807) is 24.5 Å². The number of carbonyl (C=O) groups excluding carboxylic acids is 2. The number of rotatable bonds is 8. The standard InChI is InChI=1S/C27H29BrN4O4/c1-16(26(35)36)31-25(34)22(32-24(33)19-9-11-20(12-10-19)27(2,3)4)13-17-5-7-18(8-6-17)23-29-14-21(28)15-30-23/h5-12,14-16,22H,13H2,1-4H3,(H,31,34)(H,32,33)(H,35,36)/t16-,22+/m1/s1. The van der Waals surface area contributed by atoms with Gasteiger partial charge in [-0.2, -0.15) is 0 Å². The number of aliphatic carboxylic acids is 1. The summed E-state index contributed by atoms with van der Waals surface area (Å²) in [7, 11) is 0. The number of amides is 2. The van der Waals surface area contributed by atoms with Gasteiger partial charge in [0, 0.05) is 29.9 Å². The SMILES string of the molecule is C[C@@H](NC(=O)[C@H](Cc1ccc(-c2ncc(Br)cn2)cc1)NC(=O)c1ccc(C(C)(C)C)cc1)C(=O)O. The Kier molecular flexibility index (Phi) is 8.57. The highest BCUT2D eigenvalue weighted by Gasteiger charge is 2.25. The Morgan fingerprint density at radius 1 is 0.944 bits per heavy atom. The summed E-state index contributed by atoms with van der Waals surface area (Å²) in [6, 6.07) is 12.5. The third-order valence-electron chi connectivity index (χ3n) is 5.64. The van der Waals surface area contributed by atoms with E-state index in [1.165, 1.54) is 6.92 Å². The fourth-order valence-corrected chi connectivity index (χ4v) is 3.64. The zero-order chi connectivity index (χ0) is 26.5. The van der Waals surface area contributed by atoms with Crippen molar-refractivity contribution in [3.63, 3.8) is 0 Å². The average Bonchev–Trinajstić information content (AvgIpc) is 2.84. The van der Waals surface area contributed by atoms with Crippen LogP contribution in [0.2, 0.25) is 0 Å². The molecule has 0 aliphatic rings. The number of carboxylic acids is 1. The molecule has 0 unspecified atom stereocenters. The lowest BCUT2D eigenvalue weighted by Gasteiger charge is -2.21. The first-order valence-corrected chi connectivity index (χ1v) is 12.2. The zero-order valence-electron chi connectivity index (χ0n) is 20.6. The number of hydrogen-bond donors (Lipinski definition) is 3. The zero-order valence-corrected chi connectivity index (χ0v) is 22.2. The Balaban J connectivity index is 1.79. The summed E-state index contributed by atoms with van der Waals surface area (Å²) in [5, 5.41) is 14.4. The van der Waals surface area contributed by atoms with Gasteiger partial charge in [-0.3, -0.25) is 14.4 Å². The molecule has 0 aliphatic carbocycles. The van der Waals surface area contributed by atoms with Crippen LogP contribution in [0.1, 0.15) is 49.2 Å². The summed E-state index contributed by atoms with van der Waals surface area (Å²) in [6.45, 7) is 7.62. The van der Waals surface area contributed by atoms with Gasteiger partial charge < -0.3 is 15.7 Å². The first-order chi connectivity index (χ1) is 16.9. The van der Waals surface area contributed by atoms with Gasteiger partial charge >= 0.3 is 5.97 Å². The van der Waals surface area contributed by atoms with Crippen LogP contribution in [0.5, 0.6) is 0 Å². The molecule has 0 bridgehead atoms. The highest BCUT2D eigenvalue weighted by molar-refractivity contribution is 9.10. The summed E-state index contributed by atoms with van der Waals surface area (Å²) in [5.74, 6) is -1.60. The van der Waals surface area contributed by atoms with Gasteiger partial charge in [0.15, 0.2) is 5.82 Å². The smallest absolute Gasteiger partial charge is 0.325 e. The monoisotopic (exact) mass is 552 g/mol. The second-order valence-electron chi connectivity index (χ2n) is 9.55. The summed E-state index contributed by atoms with van der Waals surface area (Å²) in [4.78, 5) is 45.7. The Bertz CT molecular complexity index is 1220. The van der Waals surface area contributed by atoms with Gasteiger partial charge in [-0.25, -0.2) is 9.97 Å². The van der Waals surface area contributed by atoms with Crippen LogP contribution >= 0.6 is 15.9 Å². The number of aromatic nitrogens is 2. The summed E-state index contributed by atoms with van der Waals surface area (Å²) < 4.78 is 0.774. The van der Waals surface area contributed by atoms with Crippen LogP contribution in [-0.4, -0.2) is 44.9 Å². The van der Waals surface area contributed by atoms with E-state index < -0.39 is 29.9 Å². The molecule has 2 amide bonds. The van der Waals surface area contributed by atoms with Crippen molar-refractivity contribution in [1.29, 1.82) is 0 Å². The summed E-state index contributed by atoms with van der Waals surface area (Å²) in [6.07, 6.45) is 3.49. The van der Waals surface area contributed by atoms with Crippen LogP contribution in [0.15, 0.2) is 65.4 Å². The van der Waals surface area contributed by atoms with E-state index in [0.717, 1.165) is 21.2 Å². The van der Waals surface area contributed by atoms with Crippen molar-refractivity contribution in [2.75, 3.05) is 0 Å². The average molecular weight is 553 g/mol. The number of halogens is 1. The van der Waals surface area contributed by atoms with Gasteiger partial charge in [0.2, 0.25) is 5.91 Å². The molecule has 3 N–H and O–H groups in total. The van der Waals surface area contributed by atoms with Crippen LogP contribution in [-0.2, 0) is 21.4 Å². The molecular weight excluding hydrogens is 524 g/mol. The summed E-state index contributed by atoms with van der Waals surface area (Å²) in [5.41, 5.74) is 3.02. The Morgan fingerprint density at radius 3 is 2.06 bits per heavy atom. The third-order valence-corrected chi connectivity index (χ3v) is 6.05. The maximum atomic E-state index is 13.0. The molecular formula is C27H29BrN4O4. The van der Waals surface area contributed by atoms with Crippen molar-refractivity contribution >= 4 is 33.7 Å². The molecule has 9 heteroatoms. The molecule has 1 aromatic heterocycles. The number of carboxylic acid groups (broad SMARTS) is 1. The predicted molar refractivity (Wildman–Crippen MR) is 141 cm³/mol. The Labute approximate surface area is 218 Å². The van der Waals surface area contributed by atoms with Gasteiger partial charge in [0.05, 0.1) is 4.47 Å². The first-order valence-electron chi connectivity index (χ1n) is 11.5. The maximum absolute atomic E-state index is 13.0. The van der Waals surface area contributed by atoms with Crippen LogP contribution in [0.3, 0.4) is 0 Å². The minimum absolute atomic E-state index is 0.0577. The summed E-state index contributed by atoms with van der Waals surface area (Å²) >= 11 is 3.31. The molecule has 0 saturated heterocycles. The van der Waals surface area contributed by atoms with E-state index in [2.05, 4.69) is 57.3 Å². The molecule has 8 nitrogen and oxygen atoms in total. The van der Waals surface area contributed by atoms with Crippen LogP contribution < -0.4 is 10.6 Å². The van der Waals surface area contributed by atoms with E-state index >= 15 is 0 Å². The van der Waals surface area contributed by atoms with Crippen molar-refractivity contribution in [3.05, 3.63) is 82.1 Å². The van der Waals surface area contributed by atoms with E-state index in [4.69, 9.17) is 0 Å². The molecule has 0 radical (unpaired) electrons. The lowest BCUT2D eigenvalue weighted by atomic mass is 9.86. The molecule has 36 heavy (non-hydrogen) atoms. The molecule has 1 heterocycles. The number of hydrogen-bond acceptors (Lipinski definition) is 5. The Hall–Kier alpha value is -3.59. The fraction of sp³-hybridized carbons (Fsp3) is 0.296. The minimum Gasteiger partial charge on any atom is -0.480 e. The van der Waals surface area contributed by atoms with Gasteiger partial charge in [-0.1, -0.05) is 57.2 Å². The third kappa shape index (κ3) is 7.21. The van der Waals surface area contributed by atoms with Crippen molar-refractivity contribution in [1.82, 2.24) is 20.6 Å². The molecule has 0 spiro atoms. The molecule has 188 valence electrons. The molecule has 2 atom stereocenters. The lowest BCUT2D eigenvalue weighted by Crippen LogP contribution is -2.51. The molecule has 0 saturated carbocycles. The van der Waals surface area contributed by atoms with Gasteiger partial charge in [-0.05, 0) is 51.5 Å². The van der Waals surface area contributed by atoms with E-state index in [1.807, 2.05) is 36.4 Å². The predicted octanol–water partition coefficient (Wildman–Crippen LogP) is 4.13. The van der Waals surface area contributed by atoms with Crippen molar-refractivity contribution < 1.29 is 19.5 Å². The molecule has 3 rings (SSSR count). The first kappa shape index (κ1) is 27.0. The number of carbonyl (C=O) groups is 3. The van der Waals surface area contributed by atoms with Crippen molar-refractivity contribution in [2.24, 2.45) is 0 Å². The largest absolute Gasteiger partial charge is 0.480 e. The van der Waals surface area contributed by atoms with Gasteiger partial charge in [-0.15, -0.1) is 0 Å². The van der Waals surface area contributed by atoms with Crippen LogP contribution in [0.25, 0.3) is 11.4 Å². The van der Waals surface area contributed by atoms with Crippen molar-refractivity contribution in [2.45, 2.75) is 51.6 Å². The topological polar surface area (TPSA) is 121 Å². The van der Waals surface area contributed by atoms with Crippen LogP contribution in [0.4, 0.5) is 0 Å². The Morgan fingerprint density at radius 2 is 1.53 bits per heavy atom. The fourth-order valence-electron chi connectivity index (χ4n) is 3.44. The van der Waals surface area contributed by atoms with Crippen LogP contribution in [0, 0.1) is 0 Å². The van der Waals surface area contributed by atoms with Gasteiger partial charge in [0.1, 0.15) is 12.1 Å². The molecule has 2 aromatic carbocycles. The second kappa shape index (κ2) is 11.4. The molecule has 0 fully saturated rings. The van der Waals surface area contributed by atoms with E-state index in [9.17, 15) is 19.5 Å².